The first kappa shape index (κ1) is 14.6. The number of amides is 1. The van der Waals surface area contributed by atoms with Crippen LogP contribution in [0.4, 0.5) is 4.79 Å². The van der Waals surface area contributed by atoms with Crippen molar-refractivity contribution >= 4 is 23.7 Å². The van der Waals surface area contributed by atoms with E-state index in [4.69, 9.17) is 16.7 Å². The number of rotatable bonds is 3. The Morgan fingerprint density at radius 3 is 2.84 bits per heavy atom. The van der Waals surface area contributed by atoms with Gasteiger partial charge in [0, 0.05) is 19.8 Å². The van der Waals surface area contributed by atoms with Crippen molar-refractivity contribution in [1.82, 2.24) is 15.2 Å². The van der Waals surface area contributed by atoms with Crippen LogP contribution in [0.3, 0.4) is 0 Å². The molecule has 0 aliphatic carbocycles. The molecule has 0 aliphatic heterocycles. The van der Waals surface area contributed by atoms with E-state index in [1.54, 1.807) is 12.1 Å². The third-order valence-electron chi connectivity index (χ3n) is 2.02. The third-order valence-corrected chi connectivity index (χ3v) is 2.24. The number of guanidine groups is 1. The molecule has 19 heavy (non-hydrogen) atoms. The number of nitrogens with one attached hydrogen (secondary N) is 1. The van der Waals surface area contributed by atoms with Gasteiger partial charge in [-0.05, 0) is 11.6 Å². The molecule has 0 saturated heterocycles. The van der Waals surface area contributed by atoms with E-state index in [0.29, 0.717) is 15.6 Å². The fraction of sp³-hybridized carbons (Fsp3) is 0.222. The van der Waals surface area contributed by atoms with Crippen LogP contribution in [0.2, 0.25) is 5.15 Å². The first-order valence-corrected chi connectivity index (χ1v) is 5.32. The van der Waals surface area contributed by atoms with Gasteiger partial charge in [-0.3, -0.25) is 0 Å². The fourth-order valence-corrected chi connectivity index (χ4v) is 1.19. The van der Waals surface area contributed by atoms with Crippen LogP contribution in [-0.2, 0) is 6.54 Å². The van der Waals surface area contributed by atoms with Gasteiger partial charge in [0.05, 0.1) is 0 Å². The Balaban J connectivity index is 2.76. The largest absolute Gasteiger partial charge is 0.465 e. The van der Waals surface area contributed by atoms with Crippen molar-refractivity contribution < 1.29 is 14.9 Å². The quantitative estimate of drug-likeness (QED) is 0.281. The highest BCUT2D eigenvalue weighted by Gasteiger charge is 2.17. The van der Waals surface area contributed by atoms with Crippen molar-refractivity contribution in [2.75, 3.05) is 7.05 Å². The van der Waals surface area contributed by atoms with Crippen molar-refractivity contribution in [2.24, 2.45) is 5.10 Å². The summed E-state index contributed by atoms with van der Waals surface area (Å²) in [6, 6.07) is 3.19. The van der Waals surface area contributed by atoms with Crippen LogP contribution in [0.1, 0.15) is 5.56 Å². The lowest BCUT2D eigenvalue weighted by Crippen LogP contribution is -2.42. The van der Waals surface area contributed by atoms with Crippen LogP contribution in [0.5, 0.6) is 0 Å². The summed E-state index contributed by atoms with van der Waals surface area (Å²) in [6.07, 6.45) is 0.0854. The van der Waals surface area contributed by atoms with Crippen LogP contribution >= 0.6 is 11.6 Å². The lowest BCUT2D eigenvalue weighted by Gasteiger charge is -2.14. The molecule has 0 saturated carbocycles. The second-order valence-electron chi connectivity index (χ2n) is 3.35. The summed E-state index contributed by atoms with van der Waals surface area (Å²) in [5.74, 6) is -0.396. The average Bonchev–Trinajstić information content (AvgIpc) is 2.35. The zero-order chi connectivity index (χ0) is 14.4. The molecule has 1 heterocycles. The van der Waals surface area contributed by atoms with Crippen molar-refractivity contribution in [1.29, 1.82) is 0 Å². The number of hydrazone groups is 1. The monoisotopic (exact) mass is 287 g/mol. The second-order valence-corrected chi connectivity index (χ2v) is 3.73. The van der Waals surface area contributed by atoms with Gasteiger partial charge >= 0.3 is 6.09 Å². The fourth-order valence-electron chi connectivity index (χ4n) is 1.08. The van der Waals surface area contributed by atoms with Gasteiger partial charge in [-0.25, -0.2) is 24.8 Å². The molecular formula is C9H10ClN5O4. The first-order chi connectivity index (χ1) is 8.90. The minimum Gasteiger partial charge on any atom is -0.465 e. The molecule has 0 aromatic carbocycles. The van der Waals surface area contributed by atoms with Gasteiger partial charge in [-0.2, -0.15) is 0 Å². The molecule has 1 aromatic rings. The normalized spacial score (nSPS) is 10.9. The van der Waals surface area contributed by atoms with Crippen molar-refractivity contribution in [3.05, 3.63) is 39.2 Å². The number of nitro groups is 1. The average molecular weight is 288 g/mol. The summed E-state index contributed by atoms with van der Waals surface area (Å²) in [6.45, 7) is 0.120. The van der Waals surface area contributed by atoms with Crippen molar-refractivity contribution in [3.63, 3.8) is 0 Å². The van der Waals surface area contributed by atoms with Crippen LogP contribution < -0.4 is 5.32 Å². The highest BCUT2D eigenvalue weighted by Crippen LogP contribution is 2.05. The number of hydrogen-bond donors (Lipinski definition) is 2. The number of carbonyl (C=O) groups is 1. The highest BCUT2D eigenvalue weighted by atomic mass is 35.5. The molecule has 1 rings (SSSR count). The van der Waals surface area contributed by atoms with Crippen molar-refractivity contribution in [3.8, 4) is 0 Å². The number of hydrogen-bond acceptors (Lipinski definition) is 4. The van der Waals surface area contributed by atoms with Gasteiger partial charge in [0.15, 0.2) is 5.03 Å². The molecule has 9 nitrogen and oxygen atoms in total. The predicted octanol–water partition coefficient (Wildman–Crippen LogP) is 0.982. The molecule has 2 N–H and O–H groups in total. The molecular weight excluding hydrogens is 278 g/mol. The van der Waals surface area contributed by atoms with E-state index < -0.39 is 17.1 Å². The Hall–Kier alpha value is -2.42. The van der Waals surface area contributed by atoms with Gasteiger partial charge in [-0.1, -0.05) is 17.7 Å². The molecule has 0 fully saturated rings. The van der Waals surface area contributed by atoms with Crippen LogP contribution in [0.15, 0.2) is 23.4 Å². The summed E-state index contributed by atoms with van der Waals surface area (Å²) in [7, 11) is 1.14. The summed E-state index contributed by atoms with van der Waals surface area (Å²) in [4.78, 5) is 25.5. The topological polar surface area (TPSA) is 121 Å². The van der Waals surface area contributed by atoms with Crippen LogP contribution in [-0.4, -0.2) is 39.1 Å². The van der Waals surface area contributed by atoms with Gasteiger partial charge in [0.1, 0.15) is 10.3 Å². The highest BCUT2D eigenvalue weighted by molar-refractivity contribution is 6.29. The molecule has 1 aromatic heterocycles. The zero-order valence-electron chi connectivity index (χ0n) is 9.78. The van der Waals surface area contributed by atoms with Gasteiger partial charge in [0.25, 0.3) is 5.96 Å². The minimum absolute atomic E-state index is 0.120. The Morgan fingerprint density at radius 1 is 1.68 bits per heavy atom. The van der Waals surface area contributed by atoms with E-state index in [1.807, 2.05) is 0 Å². The minimum atomic E-state index is -1.37. The van der Waals surface area contributed by atoms with Gasteiger partial charge < -0.3 is 10.4 Å². The van der Waals surface area contributed by atoms with Gasteiger partial charge in [0.2, 0.25) is 0 Å². The maximum atomic E-state index is 10.7. The number of carboxylic acid groups (broad SMARTS) is 1. The van der Waals surface area contributed by atoms with E-state index in [1.165, 1.54) is 6.20 Å². The number of aromatic nitrogens is 1. The Morgan fingerprint density at radius 2 is 2.37 bits per heavy atom. The standard InChI is InChI=1S/C9H10ClN5O4/c1-14(9(16)17)8(13-15(18)19)12-5-6-2-3-7(10)11-4-6/h2-4H,5H2,1H3,(H,12,13)(H,16,17). The molecule has 0 atom stereocenters. The Kier molecular flexibility index (Phi) is 5.01. The number of halogens is 1. The maximum Gasteiger partial charge on any atom is 0.414 e. The predicted molar refractivity (Wildman–Crippen MR) is 66.3 cm³/mol. The van der Waals surface area contributed by atoms with Crippen LogP contribution in [0, 0.1) is 10.1 Å². The number of nitrogens with zero attached hydrogens (tertiary/aromatic N) is 4. The molecule has 0 spiro atoms. The lowest BCUT2D eigenvalue weighted by atomic mass is 10.3. The van der Waals surface area contributed by atoms with E-state index in [-0.39, 0.29) is 6.54 Å². The summed E-state index contributed by atoms with van der Waals surface area (Å²) < 4.78 is 0. The van der Waals surface area contributed by atoms with Crippen molar-refractivity contribution in [2.45, 2.75) is 6.54 Å². The Bertz CT molecular complexity index is 504. The molecule has 0 radical (unpaired) electrons. The Labute approximate surface area is 112 Å². The molecule has 102 valence electrons. The van der Waals surface area contributed by atoms with E-state index in [2.05, 4.69) is 15.4 Å². The SMILES string of the molecule is CN(C(=O)O)C(=N[N+](=O)[O-])NCc1ccc(Cl)nc1. The third kappa shape index (κ3) is 4.76. The summed E-state index contributed by atoms with van der Waals surface area (Å²) in [5, 5.41) is 23.9. The molecule has 1 amide bonds. The van der Waals surface area contributed by atoms with E-state index in [9.17, 15) is 14.9 Å². The number of pyridine rings is 1. The molecule has 10 heteroatoms. The molecule has 0 unspecified atom stereocenters. The zero-order valence-corrected chi connectivity index (χ0v) is 10.5. The summed E-state index contributed by atoms with van der Waals surface area (Å²) in [5.41, 5.74) is 0.666. The van der Waals surface area contributed by atoms with E-state index in [0.717, 1.165) is 7.05 Å². The molecule has 0 bridgehead atoms. The first-order valence-electron chi connectivity index (χ1n) is 4.94. The lowest BCUT2D eigenvalue weighted by molar-refractivity contribution is -0.485. The van der Waals surface area contributed by atoms with E-state index >= 15 is 0 Å². The smallest absolute Gasteiger partial charge is 0.414 e. The summed E-state index contributed by atoms with van der Waals surface area (Å²) >= 11 is 5.60. The molecule has 0 aliphatic rings. The maximum absolute atomic E-state index is 10.7. The van der Waals surface area contributed by atoms with Crippen LogP contribution in [0.25, 0.3) is 0 Å². The van der Waals surface area contributed by atoms with Gasteiger partial charge in [-0.15, -0.1) is 0 Å². The second kappa shape index (κ2) is 6.50.